The summed E-state index contributed by atoms with van der Waals surface area (Å²) in [7, 11) is 0. The molecule has 0 amide bonds. The van der Waals surface area contributed by atoms with Crippen molar-refractivity contribution in [2.24, 2.45) is 5.73 Å². The zero-order chi connectivity index (χ0) is 11.1. The molecule has 5 nitrogen and oxygen atoms in total. The molecule has 3 unspecified atom stereocenters. The predicted octanol–water partition coefficient (Wildman–Crippen LogP) is 1.51. The van der Waals surface area contributed by atoms with Crippen molar-refractivity contribution in [1.29, 1.82) is 0 Å². The van der Waals surface area contributed by atoms with E-state index >= 15 is 0 Å². The molecule has 0 radical (unpaired) electrons. The molecule has 0 saturated carbocycles. The monoisotopic (exact) mass is 223 g/mol. The van der Waals surface area contributed by atoms with E-state index in [-0.39, 0.29) is 6.04 Å². The van der Waals surface area contributed by atoms with Gasteiger partial charge in [0, 0.05) is 0 Å². The van der Waals surface area contributed by atoms with Crippen LogP contribution >= 0.6 is 0 Å². The zero-order valence-corrected chi connectivity index (χ0v) is 9.43. The summed E-state index contributed by atoms with van der Waals surface area (Å²) in [4.78, 5) is 4.40. The van der Waals surface area contributed by atoms with Crippen molar-refractivity contribution >= 4 is 0 Å². The van der Waals surface area contributed by atoms with E-state index in [0.29, 0.717) is 24.0 Å². The average Bonchev–Trinajstić information content (AvgIpc) is 3.02. The van der Waals surface area contributed by atoms with Crippen LogP contribution in [0.2, 0.25) is 0 Å². The van der Waals surface area contributed by atoms with Gasteiger partial charge >= 0.3 is 0 Å². The normalized spacial score (nSPS) is 34.5. The molecule has 16 heavy (non-hydrogen) atoms. The van der Waals surface area contributed by atoms with E-state index < -0.39 is 0 Å². The first-order valence-corrected chi connectivity index (χ1v) is 6.02. The van der Waals surface area contributed by atoms with Gasteiger partial charge < -0.3 is 15.0 Å². The smallest absolute Gasteiger partial charge is 0.243 e. The number of ether oxygens (including phenoxy) is 1. The molecule has 88 valence electrons. The van der Waals surface area contributed by atoms with Crippen molar-refractivity contribution in [1.82, 2.24) is 10.1 Å². The van der Waals surface area contributed by atoms with Gasteiger partial charge in [-0.25, -0.2) is 0 Å². The molecule has 5 heteroatoms. The molecule has 3 heterocycles. The van der Waals surface area contributed by atoms with Crippen LogP contribution in [-0.2, 0) is 4.74 Å². The van der Waals surface area contributed by atoms with Crippen LogP contribution in [0, 0.1) is 0 Å². The molecule has 3 rings (SSSR count). The number of rotatable bonds is 3. The summed E-state index contributed by atoms with van der Waals surface area (Å²) in [5, 5.41) is 4.04. The van der Waals surface area contributed by atoms with Crippen LogP contribution in [0.15, 0.2) is 4.52 Å². The maximum Gasteiger partial charge on any atom is 0.243 e. The molecule has 2 saturated heterocycles. The van der Waals surface area contributed by atoms with Crippen molar-refractivity contribution in [3.8, 4) is 0 Å². The van der Waals surface area contributed by atoms with E-state index in [0.717, 1.165) is 25.1 Å². The highest BCUT2D eigenvalue weighted by Gasteiger charge is 2.43. The Balaban J connectivity index is 1.77. The Kier molecular flexibility index (Phi) is 2.44. The van der Waals surface area contributed by atoms with Gasteiger partial charge in [-0.3, -0.25) is 0 Å². The van der Waals surface area contributed by atoms with E-state index in [1.165, 1.54) is 6.42 Å². The minimum Gasteiger partial charge on any atom is -0.374 e. The second kappa shape index (κ2) is 3.82. The van der Waals surface area contributed by atoms with Crippen molar-refractivity contribution < 1.29 is 9.26 Å². The molecule has 0 aromatic carbocycles. The van der Waals surface area contributed by atoms with Crippen molar-refractivity contribution in [2.75, 3.05) is 0 Å². The third-order valence-corrected chi connectivity index (χ3v) is 3.65. The molecule has 2 N–H and O–H groups in total. The topological polar surface area (TPSA) is 74.2 Å². The fourth-order valence-corrected chi connectivity index (χ4v) is 2.63. The van der Waals surface area contributed by atoms with Gasteiger partial charge in [-0.05, 0) is 25.7 Å². The molecule has 2 aliphatic rings. The third kappa shape index (κ3) is 1.55. The van der Waals surface area contributed by atoms with Gasteiger partial charge in [0.1, 0.15) is 0 Å². The van der Waals surface area contributed by atoms with E-state index in [1.54, 1.807) is 0 Å². The molecular formula is C11H17N3O2. The Morgan fingerprint density at radius 2 is 2.38 bits per heavy atom. The summed E-state index contributed by atoms with van der Waals surface area (Å²) in [6.07, 6.45) is 4.87. The largest absolute Gasteiger partial charge is 0.374 e. The van der Waals surface area contributed by atoms with Crippen molar-refractivity contribution in [3.63, 3.8) is 0 Å². The molecule has 4 atom stereocenters. The lowest BCUT2D eigenvalue weighted by Crippen LogP contribution is -2.16. The van der Waals surface area contributed by atoms with E-state index in [2.05, 4.69) is 10.1 Å². The van der Waals surface area contributed by atoms with E-state index in [9.17, 15) is 0 Å². The highest BCUT2D eigenvalue weighted by Crippen LogP contribution is 2.43. The quantitative estimate of drug-likeness (QED) is 0.840. The van der Waals surface area contributed by atoms with Gasteiger partial charge in [0.15, 0.2) is 5.82 Å². The van der Waals surface area contributed by atoms with Crippen LogP contribution in [0.5, 0.6) is 0 Å². The number of aromatic nitrogens is 2. The number of hydrogen-bond acceptors (Lipinski definition) is 5. The first-order chi connectivity index (χ1) is 7.78. The van der Waals surface area contributed by atoms with Gasteiger partial charge in [-0.15, -0.1) is 0 Å². The molecule has 1 aromatic rings. The Morgan fingerprint density at radius 3 is 3.00 bits per heavy atom. The molecule has 0 spiro atoms. The van der Waals surface area contributed by atoms with Gasteiger partial charge in [-0.1, -0.05) is 12.1 Å². The predicted molar refractivity (Wildman–Crippen MR) is 56.8 cm³/mol. The highest BCUT2D eigenvalue weighted by atomic mass is 16.5. The maximum atomic E-state index is 5.85. The summed E-state index contributed by atoms with van der Waals surface area (Å²) in [5.74, 6) is 1.66. The van der Waals surface area contributed by atoms with Crippen LogP contribution in [0.1, 0.15) is 56.3 Å². The van der Waals surface area contributed by atoms with E-state index in [1.807, 2.05) is 6.92 Å². The van der Waals surface area contributed by atoms with Crippen LogP contribution < -0.4 is 5.73 Å². The van der Waals surface area contributed by atoms with Crippen LogP contribution in [0.25, 0.3) is 0 Å². The summed E-state index contributed by atoms with van der Waals surface area (Å²) >= 11 is 0. The first-order valence-electron chi connectivity index (χ1n) is 6.02. The standard InChI is InChI=1S/C11H17N3O2/c1-2-8(12)11-13-10(14-16-11)7-5-6-3-4-9(7)15-6/h6-9H,2-5,12H2,1H3/t6?,7?,8-,9?/m0/s1. The van der Waals surface area contributed by atoms with Crippen LogP contribution in [0.4, 0.5) is 0 Å². The Labute approximate surface area is 94.3 Å². The molecule has 0 aliphatic carbocycles. The molecule has 1 aromatic heterocycles. The second-order valence-electron chi connectivity index (χ2n) is 4.72. The first kappa shape index (κ1) is 10.2. The minimum absolute atomic E-state index is 0.138. The van der Waals surface area contributed by atoms with Crippen molar-refractivity contribution in [3.05, 3.63) is 11.7 Å². The highest BCUT2D eigenvalue weighted by molar-refractivity contribution is 5.07. The lowest BCUT2D eigenvalue weighted by atomic mass is 9.89. The van der Waals surface area contributed by atoms with Gasteiger partial charge in [0.05, 0.1) is 24.2 Å². The molecule has 2 fully saturated rings. The fourth-order valence-electron chi connectivity index (χ4n) is 2.63. The second-order valence-corrected chi connectivity index (χ2v) is 4.72. The summed E-state index contributed by atoms with van der Waals surface area (Å²) < 4.78 is 11.0. The fraction of sp³-hybridized carbons (Fsp3) is 0.818. The van der Waals surface area contributed by atoms with Crippen molar-refractivity contribution in [2.45, 2.75) is 56.8 Å². The van der Waals surface area contributed by atoms with Gasteiger partial charge in [0.25, 0.3) is 0 Å². The number of nitrogens with zero attached hydrogens (tertiary/aromatic N) is 2. The molecule has 2 aliphatic heterocycles. The molecule has 2 bridgehead atoms. The third-order valence-electron chi connectivity index (χ3n) is 3.65. The SMILES string of the molecule is CC[C@H](N)c1nc(C2CC3CCC2O3)no1. The number of nitrogens with two attached hydrogens (primary N) is 1. The average molecular weight is 223 g/mol. The minimum atomic E-state index is -0.138. The summed E-state index contributed by atoms with van der Waals surface area (Å²) in [6, 6.07) is -0.138. The summed E-state index contributed by atoms with van der Waals surface area (Å²) in [6.45, 7) is 2.01. The van der Waals surface area contributed by atoms with Gasteiger partial charge in [-0.2, -0.15) is 4.98 Å². The summed E-state index contributed by atoms with van der Waals surface area (Å²) in [5.41, 5.74) is 5.85. The lowest BCUT2D eigenvalue weighted by Gasteiger charge is -2.13. The van der Waals surface area contributed by atoms with E-state index in [4.69, 9.17) is 15.0 Å². The Hall–Kier alpha value is -0.940. The Morgan fingerprint density at radius 1 is 1.50 bits per heavy atom. The van der Waals surface area contributed by atoms with Crippen LogP contribution in [-0.4, -0.2) is 22.3 Å². The number of hydrogen-bond donors (Lipinski definition) is 1. The number of fused-ring (bicyclic) bond motifs is 2. The lowest BCUT2D eigenvalue weighted by molar-refractivity contribution is 0.0996. The zero-order valence-electron chi connectivity index (χ0n) is 9.43. The maximum absolute atomic E-state index is 5.85. The van der Waals surface area contributed by atoms with Gasteiger partial charge in [0.2, 0.25) is 5.89 Å². The Bertz CT molecular complexity index is 379. The molecular weight excluding hydrogens is 206 g/mol. The van der Waals surface area contributed by atoms with Crippen LogP contribution in [0.3, 0.4) is 0 Å².